The molecule has 0 fully saturated rings. The van der Waals surface area contributed by atoms with Gasteiger partial charge in [-0.15, -0.1) is 11.3 Å². The third-order valence-electron chi connectivity index (χ3n) is 2.77. The molecule has 0 amide bonds. The number of hydrogen-bond acceptors (Lipinski definition) is 5. The summed E-state index contributed by atoms with van der Waals surface area (Å²) in [6.45, 7) is 7.05. The first-order valence-electron chi connectivity index (χ1n) is 6.70. The number of rotatable bonds is 6. The van der Waals surface area contributed by atoms with Crippen molar-refractivity contribution in [3.8, 4) is 0 Å². The second kappa shape index (κ2) is 6.90. The Morgan fingerprint density at radius 2 is 2.15 bits per heavy atom. The largest absolute Gasteiger partial charge is 0.363 e. The summed E-state index contributed by atoms with van der Waals surface area (Å²) < 4.78 is 0.804. The van der Waals surface area contributed by atoms with Crippen LogP contribution in [0.4, 0.5) is 11.8 Å². The number of nitrogens with zero attached hydrogens (tertiary/aromatic N) is 2. The van der Waals surface area contributed by atoms with E-state index >= 15 is 0 Å². The summed E-state index contributed by atoms with van der Waals surface area (Å²) in [5.74, 6) is 1.50. The first kappa shape index (κ1) is 15.1. The van der Waals surface area contributed by atoms with Gasteiger partial charge in [0.2, 0.25) is 5.95 Å². The van der Waals surface area contributed by atoms with Crippen LogP contribution in [0.1, 0.15) is 36.9 Å². The molecule has 2 aromatic rings. The summed E-state index contributed by atoms with van der Waals surface area (Å²) in [5.41, 5.74) is 0.942. The molecule has 0 bridgehead atoms. The van der Waals surface area contributed by atoms with Gasteiger partial charge in [-0.05, 0) is 32.4 Å². The SMILES string of the molecule is CCCNc1nc(C)cc(NC(C)c2ccc(Cl)s2)n1. The number of hydrogen-bond donors (Lipinski definition) is 2. The maximum Gasteiger partial charge on any atom is 0.224 e. The van der Waals surface area contributed by atoms with Crippen molar-refractivity contribution in [2.45, 2.75) is 33.2 Å². The molecule has 1 unspecified atom stereocenters. The van der Waals surface area contributed by atoms with Crippen LogP contribution in [-0.4, -0.2) is 16.5 Å². The van der Waals surface area contributed by atoms with E-state index in [1.54, 1.807) is 11.3 Å². The van der Waals surface area contributed by atoms with Gasteiger partial charge in [-0.2, -0.15) is 4.98 Å². The number of halogens is 1. The molecule has 6 heteroatoms. The van der Waals surface area contributed by atoms with Gasteiger partial charge >= 0.3 is 0 Å². The molecule has 2 heterocycles. The second-order valence-corrected chi connectivity index (χ2v) is 6.40. The van der Waals surface area contributed by atoms with E-state index in [0.29, 0.717) is 5.95 Å². The third kappa shape index (κ3) is 4.08. The monoisotopic (exact) mass is 310 g/mol. The van der Waals surface area contributed by atoms with E-state index in [4.69, 9.17) is 11.6 Å². The molecule has 4 nitrogen and oxygen atoms in total. The highest BCUT2D eigenvalue weighted by Crippen LogP contribution is 2.28. The predicted octanol–water partition coefficient (Wildman–Crippen LogP) is 4.49. The molecule has 2 rings (SSSR count). The molecular weight excluding hydrogens is 292 g/mol. The summed E-state index contributed by atoms with van der Waals surface area (Å²) in [6, 6.07) is 6.07. The van der Waals surface area contributed by atoms with Gasteiger partial charge in [0.05, 0.1) is 10.4 Å². The van der Waals surface area contributed by atoms with Gasteiger partial charge in [-0.25, -0.2) is 4.98 Å². The maximum absolute atomic E-state index is 5.97. The predicted molar refractivity (Wildman–Crippen MR) is 86.9 cm³/mol. The molecule has 20 heavy (non-hydrogen) atoms. The van der Waals surface area contributed by atoms with E-state index in [0.717, 1.165) is 28.8 Å². The normalized spacial score (nSPS) is 12.2. The number of thiophene rings is 1. The Labute approximate surface area is 128 Å². The van der Waals surface area contributed by atoms with Crippen LogP contribution >= 0.6 is 22.9 Å². The van der Waals surface area contributed by atoms with Gasteiger partial charge in [-0.1, -0.05) is 18.5 Å². The Morgan fingerprint density at radius 1 is 1.35 bits per heavy atom. The van der Waals surface area contributed by atoms with Crippen molar-refractivity contribution >= 4 is 34.7 Å². The highest BCUT2D eigenvalue weighted by atomic mass is 35.5. The van der Waals surface area contributed by atoms with Crippen molar-refractivity contribution in [3.05, 3.63) is 33.1 Å². The summed E-state index contributed by atoms with van der Waals surface area (Å²) in [4.78, 5) is 10.0. The molecule has 0 spiro atoms. The smallest absolute Gasteiger partial charge is 0.224 e. The van der Waals surface area contributed by atoms with Crippen LogP contribution < -0.4 is 10.6 Å². The van der Waals surface area contributed by atoms with Crippen LogP contribution in [0.25, 0.3) is 0 Å². The Morgan fingerprint density at radius 3 is 2.80 bits per heavy atom. The van der Waals surface area contributed by atoms with Crippen molar-refractivity contribution in [2.75, 3.05) is 17.2 Å². The average Bonchev–Trinajstić information content (AvgIpc) is 2.82. The van der Waals surface area contributed by atoms with E-state index in [2.05, 4.69) is 34.4 Å². The lowest BCUT2D eigenvalue weighted by atomic mass is 10.2. The highest BCUT2D eigenvalue weighted by molar-refractivity contribution is 7.16. The fourth-order valence-corrected chi connectivity index (χ4v) is 2.88. The topological polar surface area (TPSA) is 49.8 Å². The zero-order valence-corrected chi connectivity index (χ0v) is 13.5. The van der Waals surface area contributed by atoms with Gasteiger partial charge in [0.15, 0.2) is 0 Å². The summed E-state index contributed by atoms with van der Waals surface area (Å²) in [7, 11) is 0. The van der Waals surface area contributed by atoms with Crippen molar-refractivity contribution in [1.82, 2.24) is 9.97 Å². The zero-order valence-electron chi connectivity index (χ0n) is 11.9. The molecular formula is C14H19ClN4S. The first-order valence-corrected chi connectivity index (χ1v) is 7.89. The van der Waals surface area contributed by atoms with Gasteiger partial charge < -0.3 is 10.6 Å². The lowest BCUT2D eigenvalue weighted by Crippen LogP contribution is -2.10. The molecule has 108 valence electrons. The van der Waals surface area contributed by atoms with Crippen LogP contribution in [0, 0.1) is 6.92 Å². The van der Waals surface area contributed by atoms with Gasteiger partial charge in [-0.3, -0.25) is 0 Å². The van der Waals surface area contributed by atoms with E-state index in [-0.39, 0.29) is 6.04 Å². The van der Waals surface area contributed by atoms with Gasteiger partial charge in [0.1, 0.15) is 5.82 Å². The molecule has 0 aromatic carbocycles. The quantitative estimate of drug-likeness (QED) is 0.825. The molecule has 0 saturated carbocycles. The van der Waals surface area contributed by atoms with E-state index in [1.165, 1.54) is 4.88 Å². The van der Waals surface area contributed by atoms with E-state index in [1.807, 2.05) is 25.1 Å². The minimum Gasteiger partial charge on any atom is -0.363 e. The lowest BCUT2D eigenvalue weighted by molar-refractivity contribution is 0.886. The summed E-state index contributed by atoms with van der Waals surface area (Å²) in [5, 5.41) is 6.60. The van der Waals surface area contributed by atoms with E-state index in [9.17, 15) is 0 Å². The zero-order chi connectivity index (χ0) is 14.5. The number of aromatic nitrogens is 2. The lowest BCUT2D eigenvalue weighted by Gasteiger charge is -2.14. The highest BCUT2D eigenvalue weighted by Gasteiger charge is 2.10. The maximum atomic E-state index is 5.97. The van der Waals surface area contributed by atoms with Crippen molar-refractivity contribution in [3.63, 3.8) is 0 Å². The van der Waals surface area contributed by atoms with E-state index < -0.39 is 0 Å². The minimum absolute atomic E-state index is 0.167. The molecule has 0 saturated heterocycles. The molecule has 0 aliphatic carbocycles. The third-order valence-corrected chi connectivity index (χ3v) is 4.19. The molecule has 0 aliphatic heterocycles. The number of aryl methyl sites for hydroxylation is 1. The Hall–Kier alpha value is -1.33. The van der Waals surface area contributed by atoms with Crippen LogP contribution in [-0.2, 0) is 0 Å². The van der Waals surface area contributed by atoms with Gasteiger partial charge in [0.25, 0.3) is 0 Å². The summed E-state index contributed by atoms with van der Waals surface area (Å²) in [6.07, 6.45) is 1.05. The average molecular weight is 311 g/mol. The molecule has 1 atom stereocenters. The molecule has 0 radical (unpaired) electrons. The van der Waals surface area contributed by atoms with Crippen LogP contribution in [0.3, 0.4) is 0 Å². The number of anilines is 2. The minimum atomic E-state index is 0.167. The Bertz CT molecular complexity index is 570. The van der Waals surface area contributed by atoms with Crippen molar-refractivity contribution in [1.29, 1.82) is 0 Å². The Kier molecular flexibility index (Phi) is 5.20. The van der Waals surface area contributed by atoms with Crippen molar-refractivity contribution in [2.24, 2.45) is 0 Å². The molecule has 2 N–H and O–H groups in total. The standard InChI is InChI=1S/C14H19ClN4S/c1-4-7-16-14-17-9(2)8-13(19-14)18-10(3)11-5-6-12(15)20-11/h5-6,8,10H,4,7H2,1-3H3,(H2,16,17,18,19). The molecule has 2 aromatic heterocycles. The second-order valence-electron chi connectivity index (χ2n) is 4.65. The first-order chi connectivity index (χ1) is 9.58. The van der Waals surface area contributed by atoms with Crippen LogP contribution in [0.2, 0.25) is 4.34 Å². The fraction of sp³-hybridized carbons (Fsp3) is 0.429. The Balaban J connectivity index is 2.10. The van der Waals surface area contributed by atoms with Crippen LogP contribution in [0.5, 0.6) is 0 Å². The molecule has 0 aliphatic rings. The van der Waals surface area contributed by atoms with Crippen molar-refractivity contribution < 1.29 is 0 Å². The fourth-order valence-electron chi connectivity index (χ4n) is 1.81. The van der Waals surface area contributed by atoms with Gasteiger partial charge in [0, 0.05) is 23.2 Å². The van der Waals surface area contributed by atoms with Crippen LogP contribution in [0.15, 0.2) is 18.2 Å². The summed E-state index contributed by atoms with van der Waals surface area (Å²) >= 11 is 7.55. The number of nitrogens with one attached hydrogen (secondary N) is 2.